The number of rotatable bonds is 8. The van der Waals surface area contributed by atoms with Gasteiger partial charge in [0.05, 0.1) is 6.54 Å². The van der Waals surface area contributed by atoms with Crippen LogP contribution < -0.4 is 5.32 Å². The second-order valence-corrected chi connectivity index (χ2v) is 6.18. The molecule has 0 radical (unpaired) electrons. The van der Waals surface area contributed by atoms with E-state index in [1.54, 1.807) is 16.8 Å². The van der Waals surface area contributed by atoms with Crippen molar-refractivity contribution < 1.29 is 13.6 Å². The minimum Gasteiger partial charge on any atom is -0.357 e. The monoisotopic (exact) mass is 368 g/mol. The summed E-state index contributed by atoms with van der Waals surface area (Å²) in [6.07, 6.45) is 0. The lowest BCUT2D eigenvalue weighted by atomic mass is 10.0. The van der Waals surface area contributed by atoms with Crippen LogP contribution in [0.1, 0.15) is 39.2 Å². The predicted molar refractivity (Wildman–Crippen MR) is 101 cm³/mol. The zero-order valence-electron chi connectivity index (χ0n) is 16.4. The Kier molecular flexibility index (Phi) is 9.02. The van der Waals surface area contributed by atoms with Crippen LogP contribution in [0.5, 0.6) is 0 Å². The van der Waals surface area contributed by atoms with Crippen molar-refractivity contribution in [2.75, 3.05) is 39.8 Å². The molecule has 26 heavy (non-hydrogen) atoms. The minimum atomic E-state index is -0.593. The molecule has 146 valence electrons. The van der Waals surface area contributed by atoms with Crippen molar-refractivity contribution in [3.05, 3.63) is 35.4 Å². The van der Waals surface area contributed by atoms with Gasteiger partial charge in [-0.15, -0.1) is 0 Å². The highest BCUT2D eigenvalue weighted by Gasteiger charge is 2.16. The first kappa shape index (κ1) is 21.9. The second kappa shape index (κ2) is 10.7. The Morgan fingerprint density at radius 1 is 1.23 bits per heavy atom. The fourth-order valence-electron chi connectivity index (χ4n) is 2.65. The summed E-state index contributed by atoms with van der Waals surface area (Å²) in [5.41, 5.74) is 0.424. The van der Waals surface area contributed by atoms with Crippen LogP contribution in [0.15, 0.2) is 23.2 Å². The first-order chi connectivity index (χ1) is 12.3. The Balaban J connectivity index is 2.82. The topological polar surface area (TPSA) is 47.9 Å². The third-order valence-electron chi connectivity index (χ3n) is 4.19. The van der Waals surface area contributed by atoms with E-state index < -0.39 is 11.6 Å². The van der Waals surface area contributed by atoms with E-state index in [0.717, 1.165) is 6.07 Å². The van der Waals surface area contributed by atoms with Crippen LogP contribution in [0.25, 0.3) is 0 Å². The molecule has 0 fully saturated rings. The highest BCUT2D eigenvalue weighted by molar-refractivity contribution is 5.86. The Morgan fingerprint density at radius 3 is 2.42 bits per heavy atom. The van der Waals surface area contributed by atoms with Gasteiger partial charge in [-0.25, -0.2) is 8.78 Å². The van der Waals surface area contributed by atoms with E-state index in [2.05, 4.69) is 10.3 Å². The number of carbonyl (C=O) groups is 1. The standard InChI is InChI=1S/C19H30F2N4O/c1-6-22-19(24(5)13-18(26)25(7-2)8-3)23-12-14(4)16-10-9-15(20)11-17(16)21/h9-11,14H,6-8,12-13H2,1-5H3,(H,22,23). The number of likely N-dealkylation sites (N-methyl/N-ethyl adjacent to an activating group) is 2. The predicted octanol–water partition coefficient (Wildman–Crippen LogP) is 2.83. The molecule has 0 aliphatic carbocycles. The molecule has 1 amide bonds. The summed E-state index contributed by atoms with van der Waals surface area (Å²) in [6, 6.07) is 3.58. The van der Waals surface area contributed by atoms with Crippen molar-refractivity contribution in [3.8, 4) is 0 Å². The first-order valence-corrected chi connectivity index (χ1v) is 9.06. The molecule has 7 heteroatoms. The molecule has 1 unspecified atom stereocenters. The summed E-state index contributed by atoms with van der Waals surface area (Å²) in [5, 5.41) is 3.14. The van der Waals surface area contributed by atoms with Crippen molar-refractivity contribution >= 4 is 11.9 Å². The average molecular weight is 368 g/mol. The highest BCUT2D eigenvalue weighted by atomic mass is 19.1. The summed E-state index contributed by atoms with van der Waals surface area (Å²) in [7, 11) is 1.80. The molecule has 0 bridgehead atoms. The normalized spacial score (nSPS) is 12.7. The molecule has 0 aromatic heterocycles. The molecule has 0 aliphatic rings. The summed E-state index contributed by atoms with van der Waals surface area (Å²) < 4.78 is 27.0. The Bertz CT molecular complexity index is 618. The number of nitrogens with zero attached hydrogens (tertiary/aromatic N) is 3. The van der Waals surface area contributed by atoms with Crippen LogP contribution >= 0.6 is 0 Å². The maximum atomic E-state index is 13.9. The van der Waals surface area contributed by atoms with E-state index in [1.807, 2.05) is 27.7 Å². The molecule has 1 aromatic rings. The van der Waals surface area contributed by atoms with E-state index in [4.69, 9.17) is 0 Å². The maximum Gasteiger partial charge on any atom is 0.242 e. The minimum absolute atomic E-state index is 0.0285. The van der Waals surface area contributed by atoms with Gasteiger partial charge in [0, 0.05) is 45.2 Å². The van der Waals surface area contributed by atoms with Gasteiger partial charge in [-0.2, -0.15) is 0 Å². The fraction of sp³-hybridized carbons (Fsp3) is 0.579. The van der Waals surface area contributed by atoms with E-state index >= 15 is 0 Å². The number of aliphatic imine (C=N–C) groups is 1. The SMILES string of the molecule is CCNC(=NCC(C)c1ccc(F)cc1F)N(C)CC(=O)N(CC)CC. The lowest BCUT2D eigenvalue weighted by molar-refractivity contribution is -0.131. The van der Waals surface area contributed by atoms with Crippen molar-refractivity contribution in [1.82, 2.24) is 15.1 Å². The van der Waals surface area contributed by atoms with Crippen molar-refractivity contribution in [1.29, 1.82) is 0 Å². The summed E-state index contributed by atoms with van der Waals surface area (Å²) >= 11 is 0. The Morgan fingerprint density at radius 2 is 1.88 bits per heavy atom. The van der Waals surface area contributed by atoms with Crippen LogP contribution in [-0.4, -0.2) is 61.4 Å². The van der Waals surface area contributed by atoms with Gasteiger partial charge in [0.2, 0.25) is 5.91 Å². The van der Waals surface area contributed by atoms with E-state index in [9.17, 15) is 13.6 Å². The van der Waals surface area contributed by atoms with E-state index in [-0.39, 0.29) is 18.4 Å². The zero-order chi connectivity index (χ0) is 19.7. The van der Waals surface area contributed by atoms with Gasteiger partial charge in [0.15, 0.2) is 5.96 Å². The van der Waals surface area contributed by atoms with Gasteiger partial charge >= 0.3 is 0 Å². The van der Waals surface area contributed by atoms with Gasteiger partial charge in [-0.3, -0.25) is 9.79 Å². The lowest BCUT2D eigenvalue weighted by Crippen LogP contribution is -2.45. The number of hydrogen-bond acceptors (Lipinski definition) is 2. The molecular weight excluding hydrogens is 338 g/mol. The number of carbonyl (C=O) groups excluding carboxylic acids is 1. The van der Waals surface area contributed by atoms with Crippen LogP contribution in [0.4, 0.5) is 8.78 Å². The second-order valence-electron chi connectivity index (χ2n) is 6.18. The van der Waals surface area contributed by atoms with Crippen LogP contribution in [0, 0.1) is 11.6 Å². The quantitative estimate of drug-likeness (QED) is 0.567. The maximum absolute atomic E-state index is 13.9. The molecule has 0 saturated heterocycles. The van der Waals surface area contributed by atoms with Crippen LogP contribution in [0.3, 0.4) is 0 Å². The van der Waals surface area contributed by atoms with Gasteiger partial charge in [-0.05, 0) is 32.4 Å². The number of benzene rings is 1. The number of guanidine groups is 1. The Hall–Kier alpha value is -2.18. The Labute approximate surface area is 155 Å². The lowest BCUT2D eigenvalue weighted by Gasteiger charge is -2.26. The van der Waals surface area contributed by atoms with Gasteiger partial charge in [-0.1, -0.05) is 13.0 Å². The van der Waals surface area contributed by atoms with E-state index in [0.29, 0.717) is 37.7 Å². The van der Waals surface area contributed by atoms with Crippen LogP contribution in [-0.2, 0) is 4.79 Å². The van der Waals surface area contributed by atoms with Crippen molar-refractivity contribution in [2.45, 2.75) is 33.6 Å². The molecule has 0 saturated carbocycles. The molecular formula is C19H30F2N4O. The summed E-state index contributed by atoms with van der Waals surface area (Å²) in [4.78, 5) is 20.3. The molecule has 0 heterocycles. The summed E-state index contributed by atoms with van der Waals surface area (Å²) in [6.45, 7) is 10.2. The molecule has 1 N–H and O–H groups in total. The first-order valence-electron chi connectivity index (χ1n) is 9.06. The molecule has 0 spiro atoms. The van der Waals surface area contributed by atoms with Gasteiger partial charge in [0.1, 0.15) is 11.6 Å². The molecule has 0 aliphatic heterocycles. The number of amides is 1. The molecule has 1 aromatic carbocycles. The molecule has 1 rings (SSSR count). The number of nitrogens with one attached hydrogen (secondary N) is 1. The third kappa shape index (κ3) is 6.28. The third-order valence-corrected chi connectivity index (χ3v) is 4.19. The fourth-order valence-corrected chi connectivity index (χ4v) is 2.65. The largest absolute Gasteiger partial charge is 0.357 e. The number of halogens is 2. The highest BCUT2D eigenvalue weighted by Crippen LogP contribution is 2.20. The van der Waals surface area contributed by atoms with Crippen LogP contribution in [0.2, 0.25) is 0 Å². The van der Waals surface area contributed by atoms with Crippen molar-refractivity contribution in [3.63, 3.8) is 0 Å². The number of hydrogen-bond donors (Lipinski definition) is 1. The smallest absolute Gasteiger partial charge is 0.242 e. The molecule has 1 atom stereocenters. The zero-order valence-corrected chi connectivity index (χ0v) is 16.4. The molecule has 5 nitrogen and oxygen atoms in total. The van der Waals surface area contributed by atoms with Gasteiger partial charge < -0.3 is 15.1 Å². The van der Waals surface area contributed by atoms with E-state index in [1.165, 1.54) is 12.1 Å². The van der Waals surface area contributed by atoms with Gasteiger partial charge in [0.25, 0.3) is 0 Å². The summed E-state index contributed by atoms with van der Waals surface area (Å²) in [5.74, 6) is -0.757. The average Bonchev–Trinajstić information content (AvgIpc) is 2.59. The van der Waals surface area contributed by atoms with Crippen molar-refractivity contribution in [2.24, 2.45) is 4.99 Å².